The number of nitrogens with one attached hydrogen (secondary N) is 2. The van der Waals surface area contributed by atoms with E-state index in [9.17, 15) is 9.59 Å². The second-order valence-electron chi connectivity index (χ2n) is 6.80. The van der Waals surface area contributed by atoms with Crippen LogP contribution in [0.25, 0.3) is 0 Å². The van der Waals surface area contributed by atoms with E-state index in [0.29, 0.717) is 34.9 Å². The van der Waals surface area contributed by atoms with Gasteiger partial charge in [-0.3, -0.25) is 9.78 Å². The number of rotatable bonds is 6. The molecule has 1 aromatic heterocycles. The van der Waals surface area contributed by atoms with Crippen LogP contribution in [0.3, 0.4) is 0 Å². The summed E-state index contributed by atoms with van der Waals surface area (Å²) in [4.78, 5) is 31.8. The van der Waals surface area contributed by atoms with Gasteiger partial charge in [0.25, 0.3) is 5.56 Å². The van der Waals surface area contributed by atoms with Crippen LogP contribution in [0, 0.1) is 6.92 Å². The highest BCUT2D eigenvalue weighted by molar-refractivity contribution is 5.90. The number of aryl methyl sites for hydroxylation is 1. The van der Waals surface area contributed by atoms with Crippen LogP contribution in [0.15, 0.2) is 59.4 Å². The lowest BCUT2D eigenvalue weighted by Crippen LogP contribution is -2.18. The van der Waals surface area contributed by atoms with Crippen molar-refractivity contribution >= 4 is 17.6 Å². The largest absolute Gasteiger partial charge is 0.459 e. The predicted octanol–water partition coefficient (Wildman–Crippen LogP) is 3.98. The Kier molecular flexibility index (Phi) is 5.89. The smallest absolute Gasteiger partial charge is 0.338 e. The topological polar surface area (TPSA) is 84.1 Å². The van der Waals surface area contributed by atoms with Crippen LogP contribution >= 0.6 is 0 Å². The Bertz CT molecular complexity index is 1030. The van der Waals surface area contributed by atoms with Crippen molar-refractivity contribution in [3.63, 3.8) is 0 Å². The molecule has 0 saturated carbocycles. The molecule has 3 rings (SSSR count). The molecule has 0 atom stereocenters. The molecule has 2 N–H and O–H groups in total. The molecule has 0 amide bonds. The quantitative estimate of drug-likeness (QED) is 0.635. The fourth-order valence-electron chi connectivity index (χ4n) is 2.82. The third kappa shape index (κ3) is 4.85. The lowest BCUT2D eigenvalue weighted by molar-refractivity contribution is 0.0378. The highest BCUT2D eigenvalue weighted by Gasteiger charge is 2.12. The molecule has 0 aliphatic heterocycles. The zero-order chi connectivity index (χ0) is 20.1. The summed E-state index contributed by atoms with van der Waals surface area (Å²) < 4.78 is 5.21. The maximum atomic E-state index is 12.5. The number of aromatic nitrogens is 2. The van der Waals surface area contributed by atoms with E-state index in [1.54, 1.807) is 38.1 Å². The van der Waals surface area contributed by atoms with Crippen LogP contribution in [0.2, 0.25) is 0 Å². The Labute approximate surface area is 163 Å². The molecular formula is C22H23N3O3. The van der Waals surface area contributed by atoms with Gasteiger partial charge in [-0.2, -0.15) is 0 Å². The minimum absolute atomic E-state index is 0.186. The summed E-state index contributed by atoms with van der Waals surface area (Å²) in [5.74, 6) is -0.0665. The lowest BCUT2D eigenvalue weighted by atomic mass is 10.1. The number of carbonyl (C=O) groups is 1. The van der Waals surface area contributed by atoms with Gasteiger partial charge in [-0.1, -0.05) is 36.4 Å². The summed E-state index contributed by atoms with van der Waals surface area (Å²) in [5, 5.41) is 3.05. The second kappa shape index (κ2) is 8.52. The van der Waals surface area contributed by atoms with Gasteiger partial charge in [0.1, 0.15) is 0 Å². The predicted molar refractivity (Wildman–Crippen MR) is 109 cm³/mol. The van der Waals surface area contributed by atoms with Gasteiger partial charge >= 0.3 is 5.97 Å². The van der Waals surface area contributed by atoms with Crippen molar-refractivity contribution in [2.75, 3.05) is 5.32 Å². The van der Waals surface area contributed by atoms with Crippen molar-refractivity contribution < 1.29 is 9.53 Å². The lowest BCUT2D eigenvalue weighted by Gasteiger charge is -2.11. The van der Waals surface area contributed by atoms with Crippen LogP contribution in [0.1, 0.15) is 41.0 Å². The van der Waals surface area contributed by atoms with E-state index in [0.717, 1.165) is 5.56 Å². The molecule has 0 fully saturated rings. The third-order valence-electron chi connectivity index (χ3n) is 4.15. The van der Waals surface area contributed by atoms with E-state index in [2.05, 4.69) is 15.3 Å². The zero-order valence-electron chi connectivity index (χ0n) is 16.2. The third-order valence-corrected chi connectivity index (χ3v) is 4.15. The van der Waals surface area contributed by atoms with Crippen LogP contribution in [-0.2, 0) is 11.2 Å². The number of hydrogen-bond donors (Lipinski definition) is 2. The van der Waals surface area contributed by atoms with Crippen molar-refractivity contribution in [2.24, 2.45) is 0 Å². The summed E-state index contributed by atoms with van der Waals surface area (Å²) in [7, 11) is 0. The van der Waals surface area contributed by atoms with Gasteiger partial charge in [0.15, 0.2) is 0 Å². The van der Waals surface area contributed by atoms with Gasteiger partial charge < -0.3 is 10.1 Å². The molecule has 6 nitrogen and oxygen atoms in total. The van der Waals surface area contributed by atoms with Gasteiger partial charge in [-0.05, 0) is 44.5 Å². The number of hydrogen-bond acceptors (Lipinski definition) is 5. The number of carbonyl (C=O) groups excluding carboxylic acids is 1. The first-order valence-corrected chi connectivity index (χ1v) is 9.14. The molecule has 0 unspecified atom stereocenters. The number of anilines is 2. The van der Waals surface area contributed by atoms with E-state index in [-0.39, 0.29) is 11.7 Å². The Morgan fingerprint density at radius 2 is 1.89 bits per heavy atom. The minimum Gasteiger partial charge on any atom is -0.459 e. The zero-order valence-corrected chi connectivity index (χ0v) is 16.2. The fourth-order valence-corrected chi connectivity index (χ4v) is 2.82. The molecule has 0 radical (unpaired) electrons. The molecule has 0 spiro atoms. The van der Waals surface area contributed by atoms with E-state index in [4.69, 9.17) is 4.74 Å². The summed E-state index contributed by atoms with van der Waals surface area (Å²) >= 11 is 0. The molecule has 0 saturated heterocycles. The minimum atomic E-state index is -0.394. The molecule has 2 aromatic carbocycles. The van der Waals surface area contributed by atoms with Crippen molar-refractivity contribution in [3.05, 3.63) is 87.3 Å². The van der Waals surface area contributed by atoms with Gasteiger partial charge in [0, 0.05) is 17.7 Å². The summed E-state index contributed by atoms with van der Waals surface area (Å²) in [6.45, 7) is 5.41. The highest BCUT2D eigenvalue weighted by atomic mass is 16.5. The van der Waals surface area contributed by atoms with Gasteiger partial charge in [-0.15, -0.1) is 0 Å². The van der Waals surface area contributed by atoms with Crippen molar-refractivity contribution in [3.8, 4) is 0 Å². The molecule has 0 bridgehead atoms. The van der Waals surface area contributed by atoms with Gasteiger partial charge in [-0.25, -0.2) is 9.78 Å². The Morgan fingerprint density at radius 1 is 1.14 bits per heavy atom. The average Bonchev–Trinajstić information content (AvgIpc) is 2.65. The van der Waals surface area contributed by atoms with Gasteiger partial charge in [0.2, 0.25) is 5.95 Å². The fraction of sp³-hybridized carbons (Fsp3) is 0.227. The maximum absolute atomic E-state index is 12.5. The molecule has 3 aromatic rings. The molecule has 1 heterocycles. The van der Waals surface area contributed by atoms with Crippen LogP contribution in [0.5, 0.6) is 0 Å². The first-order chi connectivity index (χ1) is 13.4. The van der Waals surface area contributed by atoms with Gasteiger partial charge in [0.05, 0.1) is 17.4 Å². The maximum Gasteiger partial charge on any atom is 0.338 e. The van der Waals surface area contributed by atoms with E-state index in [1.807, 2.05) is 37.3 Å². The molecule has 28 heavy (non-hydrogen) atoms. The normalized spacial score (nSPS) is 10.7. The molecule has 144 valence electrons. The monoisotopic (exact) mass is 377 g/mol. The molecule has 6 heteroatoms. The molecule has 0 aliphatic rings. The SMILES string of the molecule is Cc1nc(Nc2cccc(C(=O)OC(C)C)c2)[nH]c(=O)c1Cc1ccccc1. The Balaban J connectivity index is 1.80. The number of ether oxygens (including phenoxy) is 1. The Hall–Kier alpha value is -3.41. The van der Waals surface area contributed by atoms with Crippen molar-refractivity contribution in [2.45, 2.75) is 33.3 Å². The standard InChI is InChI=1S/C22H23N3O3/c1-14(2)28-21(27)17-10-7-11-18(13-17)24-22-23-15(3)19(20(26)25-22)12-16-8-5-4-6-9-16/h4-11,13-14H,12H2,1-3H3,(H2,23,24,25,26). The van der Waals surface area contributed by atoms with E-state index in [1.165, 1.54) is 0 Å². The van der Waals surface area contributed by atoms with Crippen LogP contribution in [-0.4, -0.2) is 22.0 Å². The van der Waals surface area contributed by atoms with Crippen LogP contribution < -0.4 is 10.9 Å². The first kappa shape index (κ1) is 19.4. The second-order valence-corrected chi connectivity index (χ2v) is 6.80. The van der Waals surface area contributed by atoms with E-state index >= 15 is 0 Å². The number of nitrogens with zero attached hydrogens (tertiary/aromatic N) is 1. The Morgan fingerprint density at radius 3 is 2.57 bits per heavy atom. The summed E-state index contributed by atoms with van der Waals surface area (Å²) in [6, 6.07) is 16.7. The van der Waals surface area contributed by atoms with Crippen molar-refractivity contribution in [1.82, 2.24) is 9.97 Å². The van der Waals surface area contributed by atoms with Crippen LogP contribution in [0.4, 0.5) is 11.6 Å². The summed E-state index contributed by atoms with van der Waals surface area (Å²) in [6.07, 6.45) is 0.327. The molecular weight excluding hydrogens is 354 g/mol. The summed E-state index contributed by atoms with van der Waals surface area (Å²) in [5.41, 5.74) is 3.22. The van der Waals surface area contributed by atoms with Crippen molar-refractivity contribution in [1.29, 1.82) is 0 Å². The average molecular weight is 377 g/mol. The number of H-pyrrole nitrogens is 1. The first-order valence-electron chi connectivity index (χ1n) is 9.14. The number of esters is 1. The highest BCUT2D eigenvalue weighted by Crippen LogP contribution is 2.17. The number of benzene rings is 2. The molecule has 0 aliphatic carbocycles. The van der Waals surface area contributed by atoms with E-state index < -0.39 is 5.97 Å². The number of aromatic amines is 1.